The van der Waals surface area contributed by atoms with E-state index in [1.54, 1.807) is 18.2 Å². The van der Waals surface area contributed by atoms with E-state index in [0.29, 0.717) is 35.6 Å². The van der Waals surface area contributed by atoms with Gasteiger partial charge < -0.3 is 9.80 Å². The van der Waals surface area contributed by atoms with Crippen molar-refractivity contribution in [1.82, 2.24) is 19.6 Å². The van der Waals surface area contributed by atoms with Crippen molar-refractivity contribution in [2.45, 2.75) is 25.8 Å². The molecule has 1 atom stereocenters. The van der Waals surface area contributed by atoms with Crippen molar-refractivity contribution in [2.75, 3.05) is 32.7 Å². The van der Waals surface area contributed by atoms with Gasteiger partial charge in [-0.3, -0.25) is 9.48 Å². The van der Waals surface area contributed by atoms with Gasteiger partial charge in [0.05, 0.1) is 29.4 Å². The summed E-state index contributed by atoms with van der Waals surface area (Å²) in [5.41, 5.74) is -2.20. The number of halogens is 6. The fourth-order valence-electron chi connectivity index (χ4n) is 4.71. The molecule has 5 rings (SSSR count). The van der Waals surface area contributed by atoms with Crippen molar-refractivity contribution < 1.29 is 35.3 Å². The smallest absolute Gasteiger partial charge is 0.346 e. The van der Waals surface area contributed by atoms with Crippen LogP contribution in [0, 0.1) is 0 Å². The molecule has 2 aliphatic rings. The number of nitrogens with zero attached hydrogens (tertiary/aromatic N) is 5. The van der Waals surface area contributed by atoms with E-state index in [9.17, 15) is 35.3 Å². The third-order valence-corrected chi connectivity index (χ3v) is 8.26. The Kier molecular flexibility index (Phi) is 7.33. The molecule has 0 saturated carbocycles. The van der Waals surface area contributed by atoms with Crippen LogP contribution in [0.1, 0.15) is 29.2 Å². The lowest BCUT2D eigenvalue weighted by atomic mass is 10.0. The first-order chi connectivity index (χ1) is 18.8. The summed E-state index contributed by atoms with van der Waals surface area (Å²) in [7, 11) is -1.75. The Hall–Kier alpha value is -3.52. The second-order valence-electron chi connectivity index (χ2n) is 9.39. The third kappa shape index (κ3) is 5.55. The monoisotopic (exact) mass is 583 g/mol. The molecule has 1 fully saturated rings. The standard InChI is InChI=1S/C26H23F6N5O2S/c1-2-35-7-9-36(10-8-35)24-34-23(38)22(40(24)39)12-16-3-6-21-18(11-16)14-33-37(21)15-17-4-5-19(25(27,28)29)13-20(17)26(30,31)32/h3-6,11-14H,2,7-10,15H2,1H3. The minimum absolute atomic E-state index is 0.0271. The van der Waals surface area contributed by atoms with Gasteiger partial charge in [-0.05, 0) is 48.0 Å². The van der Waals surface area contributed by atoms with Gasteiger partial charge in [0, 0.05) is 31.6 Å². The number of likely N-dealkylation sites (N-methyl/N-ethyl adjacent to an activating group) is 1. The molecule has 0 bridgehead atoms. The number of aromatic nitrogens is 2. The Morgan fingerprint density at radius 2 is 1.70 bits per heavy atom. The van der Waals surface area contributed by atoms with Gasteiger partial charge in [0.25, 0.3) is 5.91 Å². The average Bonchev–Trinajstić information content (AvgIpc) is 3.43. The zero-order valence-corrected chi connectivity index (χ0v) is 21.9. The van der Waals surface area contributed by atoms with Gasteiger partial charge in [0.1, 0.15) is 15.7 Å². The fourth-order valence-corrected chi connectivity index (χ4v) is 5.94. The van der Waals surface area contributed by atoms with Gasteiger partial charge in [-0.1, -0.05) is 19.1 Å². The molecule has 40 heavy (non-hydrogen) atoms. The van der Waals surface area contributed by atoms with E-state index in [1.807, 2.05) is 4.90 Å². The number of fused-ring (bicyclic) bond motifs is 1. The van der Waals surface area contributed by atoms with Gasteiger partial charge >= 0.3 is 12.4 Å². The number of hydrogen-bond donors (Lipinski definition) is 0. The van der Waals surface area contributed by atoms with E-state index >= 15 is 0 Å². The number of aliphatic imine (C=N–C) groups is 1. The highest BCUT2D eigenvalue weighted by Gasteiger charge is 2.38. The Balaban J connectivity index is 1.38. The molecule has 0 aliphatic carbocycles. The Morgan fingerprint density at radius 3 is 2.35 bits per heavy atom. The molecule has 1 saturated heterocycles. The summed E-state index contributed by atoms with van der Waals surface area (Å²) in [6.07, 6.45) is -7.04. The van der Waals surface area contributed by atoms with E-state index in [4.69, 9.17) is 0 Å². The summed E-state index contributed by atoms with van der Waals surface area (Å²) < 4.78 is 94.1. The average molecular weight is 584 g/mol. The molecule has 1 unspecified atom stereocenters. The summed E-state index contributed by atoms with van der Waals surface area (Å²) in [5.74, 6) is -0.593. The van der Waals surface area contributed by atoms with Crippen molar-refractivity contribution in [3.63, 3.8) is 0 Å². The zero-order chi connectivity index (χ0) is 28.8. The molecule has 0 N–H and O–H groups in total. The number of amides is 1. The van der Waals surface area contributed by atoms with E-state index < -0.39 is 46.7 Å². The number of carbonyl (C=O) groups excluding carboxylic acids is 1. The molecular formula is C26H23F6N5O2S. The lowest BCUT2D eigenvalue weighted by molar-refractivity contribution is -0.143. The van der Waals surface area contributed by atoms with Crippen LogP contribution in [0.15, 0.2) is 52.5 Å². The van der Waals surface area contributed by atoms with Gasteiger partial charge in [0.2, 0.25) is 5.17 Å². The molecule has 212 valence electrons. The second-order valence-corrected chi connectivity index (χ2v) is 10.7. The molecule has 3 heterocycles. The molecule has 2 aliphatic heterocycles. The Morgan fingerprint density at radius 1 is 0.975 bits per heavy atom. The van der Waals surface area contributed by atoms with E-state index in [0.717, 1.165) is 25.7 Å². The Labute approximate surface area is 227 Å². The third-order valence-electron chi connectivity index (χ3n) is 6.89. The lowest BCUT2D eigenvalue weighted by Gasteiger charge is -2.34. The quantitative estimate of drug-likeness (QED) is 0.328. The van der Waals surface area contributed by atoms with Crippen LogP contribution < -0.4 is 0 Å². The normalized spacial score (nSPS) is 20.1. The first kappa shape index (κ1) is 28.0. The highest BCUT2D eigenvalue weighted by Crippen LogP contribution is 2.38. The lowest BCUT2D eigenvalue weighted by Crippen LogP contribution is -2.48. The second kappa shape index (κ2) is 10.5. The SMILES string of the molecule is CCN1CCN(C2=NC(=O)C(=Cc3ccc4c(cnn4Cc4ccc(C(F)(F)F)cc4C(F)(F)F)c3)S2=O)CC1. The van der Waals surface area contributed by atoms with Crippen LogP contribution in [0.5, 0.6) is 0 Å². The minimum Gasteiger partial charge on any atom is -0.346 e. The van der Waals surface area contributed by atoms with E-state index in [-0.39, 0.29) is 21.7 Å². The van der Waals surface area contributed by atoms with Crippen LogP contribution in [-0.4, -0.2) is 67.6 Å². The van der Waals surface area contributed by atoms with Crippen molar-refractivity contribution in [2.24, 2.45) is 4.99 Å². The summed E-state index contributed by atoms with van der Waals surface area (Å²) in [4.78, 5) is 20.7. The highest BCUT2D eigenvalue weighted by atomic mass is 32.2. The maximum atomic E-state index is 13.6. The maximum Gasteiger partial charge on any atom is 0.416 e. The van der Waals surface area contributed by atoms with Gasteiger partial charge in [-0.2, -0.15) is 36.4 Å². The minimum atomic E-state index is -4.99. The van der Waals surface area contributed by atoms with Crippen LogP contribution in [0.2, 0.25) is 0 Å². The first-order valence-electron chi connectivity index (χ1n) is 12.3. The van der Waals surface area contributed by atoms with Gasteiger partial charge in [-0.25, -0.2) is 4.21 Å². The molecule has 0 spiro atoms. The molecule has 2 aromatic carbocycles. The van der Waals surface area contributed by atoms with E-state index in [2.05, 4.69) is 21.9 Å². The molecule has 7 nitrogen and oxygen atoms in total. The predicted octanol–water partition coefficient (Wildman–Crippen LogP) is 4.75. The van der Waals surface area contributed by atoms with Crippen LogP contribution >= 0.6 is 0 Å². The topological polar surface area (TPSA) is 70.8 Å². The number of piperazine rings is 1. The number of carbonyl (C=O) groups is 1. The molecular weight excluding hydrogens is 560 g/mol. The number of rotatable bonds is 4. The van der Waals surface area contributed by atoms with Crippen LogP contribution in [0.25, 0.3) is 17.0 Å². The summed E-state index contributed by atoms with van der Waals surface area (Å²) in [6, 6.07) is 6.31. The molecule has 0 radical (unpaired) electrons. The van der Waals surface area contributed by atoms with Crippen LogP contribution in [-0.2, 0) is 34.5 Å². The summed E-state index contributed by atoms with van der Waals surface area (Å²) >= 11 is 0. The first-order valence-corrected chi connectivity index (χ1v) is 13.5. The van der Waals surface area contributed by atoms with Crippen molar-refractivity contribution in [3.05, 3.63) is 69.8 Å². The number of amidine groups is 1. The van der Waals surface area contributed by atoms with Crippen LogP contribution in [0.4, 0.5) is 26.3 Å². The highest BCUT2D eigenvalue weighted by molar-refractivity contribution is 8.05. The molecule has 1 amide bonds. The van der Waals surface area contributed by atoms with Crippen molar-refractivity contribution >= 4 is 38.9 Å². The molecule has 3 aromatic rings. The molecule has 1 aromatic heterocycles. The van der Waals surface area contributed by atoms with E-state index in [1.165, 1.54) is 17.0 Å². The Bertz CT molecular complexity index is 1550. The summed E-state index contributed by atoms with van der Waals surface area (Å²) in [5, 5.41) is 4.87. The largest absolute Gasteiger partial charge is 0.416 e. The summed E-state index contributed by atoms with van der Waals surface area (Å²) in [6.45, 7) is 5.32. The van der Waals surface area contributed by atoms with Gasteiger partial charge in [-0.15, -0.1) is 0 Å². The van der Waals surface area contributed by atoms with Crippen molar-refractivity contribution in [1.29, 1.82) is 0 Å². The van der Waals surface area contributed by atoms with Crippen molar-refractivity contribution in [3.8, 4) is 0 Å². The number of hydrogen-bond acceptors (Lipinski definition) is 5. The number of alkyl halides is 6. The fraction of sp³-hybridized carbons (Fsp3) is 0.346. The predicted molar refractivity (Wildman–Crippen MR) is 138 cm³/mol. The maximum absolute atomic E-state index is 13.6. The van der Waals surface area contributed by atoms with Crippen LogP contribution in [0.3, 0.4) is 0 Å². The van der Waals surface area contributed by atoms with Gasteiger partial charge in [0.15, 0.2) is 0 Å². The number of benzene rings is 2. The zero-order valence-electron chi connectivity index (χ0n) is 21.1. The molecule has 14 heteroatoms.